The Morgan fingerprint density at radius 2 is 2.00 bits per heavy atom. The SMILES string of the molecule is CCN(C)C(=O)c1cc(Br)cc(S(N)(=O)=O)c1C. The minimum atomic E-state index is -3.85. The molecule has 0 aliphatic heterocycles. The van der Waals surface area contributed by atoms with Crippen molar-refractivity contribution in [2.75, 3.05) is 13.6 Å². The molecule has 5 nitrogen and oxygen atoms in total. The van der Waals surface area contributed by atoms with Gasteiger partial charge in [0.1, 0.15) is 0 Å². The molecule has 0 radical (unpaired) electrons. The van der Waals surface area contributed by atoms with Crippen LogP contribution in [0.15, 0.2) is 21.5 Å². The lowest BCUT2D eigenvalue weighted by atomic mass is 10.1. The first-order chi connectivity index (χ1) is 8.18. The van der Waals surface area contributed by atoms with Gasteiger partial charge in [-0.1, -0.05) is 15.9 Å². The lowest BCUT2D eigenvalue weighted by Gasteiger charge is -2.17. The van der Waals surface area contributed by atoms with Crippen LogP contribution in [0.25, 0.3) is 0 Å². The van der Waals surface area contributed by atoms with E-state index in [2.05, 4.69) is 15.9 Å². The highest BCUT2D eigenvalue weighted by Crippen LogP contribution is 2.24. The van der Waals surface area contributed by atoms with E-state index in [1.165, 1.54) is 11.0 Å². The molecule has 0 saturated carbocycles. The Morgan fingerprint density at radius 1 is 1.44 bits per heavy atom. The van der Waals surface area contributed by atoms with Crippen LogP contribution < -0.4 is 5.14 Å². The zero-order valence-corrected chi connectivity index (χ0v) is 12.8. The number of rotatable bonds is 3. The number of halogens is 1. The van der Waals surface area contributed by atoms with Gasteiger partial charge in [0.15, 0.2) is 0 Å². The molecular weight excluding hydrogens is 320 g/mol. The predicted octanol–water partition coefficient (Wildman–Crippen LogP) is 1.50. The van der Waals surface area contributed by atoms with E-state index >= 15 is 0 Å². The molecule has 0 saturated heterocycles. The van der Waals surface area contributed by atoms with Gasteiger partial charge in [-0.25, -0.2) is 13.6 Å². The van der Waals surface area contributed by atoms with Crippen molar-refractivity contribution in [1.29, 1.82) is 0 Å². The highest BCUT2D eigenvalue weighted by molar-refractivity contribution is 9.10. The van der Waals surface area contributed by atoms with Gasteiger partial charge in [0.2, 0.25) is 10.0 Å². The molecule has 0 heterocycles. The van der Waals surface area contributed by atoms with E-state index in [9.17, 15) is 13.2 Å². The lowest BCUT2D eigenvalue weighted by molar-refractivity contribution is 0.0801. The van der Waals surface area contributed by atoms with E-state index < -0.39 is 10.0 Å². The van der Waals surface area contributed by atoms with Crippen molar-refractivity contribution in [2.45, 2.75) is 18.7 Å². The van der Waals surface area contributed by atoms with E-state index in [0.29, 0.717) is 22.1 Å². The van der Waals surface area contributed by atoms with Gasteiger partial charge in [0.05, 0.1) is 4.90 Å². The van der Waals surface area contributed by atoms with Crippen molar-refractivity contribution in [1.82, 2.24) is 4.90 Å². The fraction of sp³-hybridized carbons (Fsp3) is 0.364. The molecule has 0 spiro atoms. The van der Waals surface area contributed by atoms with Crippen LogP contribution in [0.1, 0.15) is 22.8 Å². The molecule has 0 unspecified atom stereocenters. The van der Waals surface area contributed by atoms with Crippen LogP contribution >= 0.6 is 15.9 Å². The van der Waals surface area contributed by atoms with Gasteiger partial charge in [0.25, 0.3) is 5.91 Å². The summed E-state index contributed by atoms with van der Waals surface area (Å²) in [5.74, 6) is -0.235. The minimum absolute atomic E-state index is 0.0373. The number of sulfonamides is 1. The van der Waals surface area contributed by atoms with Crippen molar-refractivity contribution in [3.63, 3.8) is 0 Å². The maximum atomic E-state index is 12.1. The number of carbonyl (C=O) groups is 1. The minimum Gasteiger partial charge on any atom is -0.342 e. The van der Waals surface area contributed by atoms with Gasteiger partial charge in [0, 0.05) is 23.6 Å². The molecule has 100 valence electrons. The van der Waals surface area contributed by atoms with E-state index in [1.54, 1.807) is 20.0 Å². The number of primary sulfonamides is 1. The first kappa shape index (κ1) is 15.1. The summed E-state index contributed by atoms with van der Waals surface area (Å²) in [5, 5.41) is 5.13. The van der Waals surface area contributed by atoms with Crippen molar-refractivity contribution in [3.8, 4) is 0 Å². The van der Waals surface area contributed by atoms with Crippen molar-refractivity contribution in [2.24, 2.45) is 5.14 Å². The smallest absolute Gasteiger partial charge is 0.253 e. The topological polar surface area (TPSA) is 80.5 Å². The number of amides is 1. The Kier molecular flexibility index (Phi) is 4.52. The number of benzene rings is 1. The lowest BCUT2D eigenvalue weighted by Crippen LogP contribution is -2.27. The third kappa shape index (κ3) is 3.09. The standard InChI is InChI=1S/C11H15BrN2O3S/c1-4-14(3)11(15)9-5-8(12)6-10(7(9)2)18(13,16)17/h5-6H,4H2,1-3H3,(H2,13,16,17). The van der Waals surface area contributed by atoms with Gasteiger partial charge >= 0.3 is 0 Å². The molecule has 0 bridgehead atoms. The summed E-state index contributed by atoms with van der Waals surface area (Å²) < 4.78 is 23.4. The fourth-order valence-corrected chi connectivity index (χ4v) is 2.96. The maximum Gasteiger partial charge on any atom is 0.253 e. The summed E-state index contributed by atoms with van der Waals surface area (Å²) >= 11 is 3.19. The molecule has 1 amide bonds. The molecule has 0 aliphatic rings. The Hall–Kier alpha value is -0.920. The predicted molar refractivity (Wildman–Crippen MR) is 72.9 cm³/mol. The maximum absolute atomic E-state index is 12.1. The quantitative estimate of drug-likeness (QED) is 0.909. The highest BCUT2D eigenvalue weighted by Gasteiger charge is 2.20. The number of hydrogen-bond acceptors (Lipinski definition) is 3. The van der Waals surface area contributed by atoms with Gasteiger partial charge in [-0.3, -0.25) is 4.79 Å². The molecule has 0 aliphatic carbocycles. The number of hydrogen-bond donors (Lipinski definition) is 1. The van der Waals surface area contributed by atoms with E-state index in [1.807, 2.05) is 6.92 Å². The first-order valence-electron chi connectivity index (χ1n) is 5.27. The summed E-state index contributed by atoms with van der Waals surface area (Å²) in [7, 11) is -2.19. The Labute approximate surface area is 115 Å². The van der Waals surface area contributed by atoms with Crippen LogP contribution in [-0.4, -0.2) is 32.8 Å². The molecule has 7 heteroatoms. The number of nitrogens with two attached hydrogens (primary N) is 1. The summed E-state index contributed by atoms with van der Waals surface area (Å²) in [6.45, 7) is 3.95. The number of nitrogens with zero attached hydrogens (tertiary/aromatic N) is 1. The zero-order chi connectivity index (χ0) is 14.1. The monoisotopic (exact) mass is 334 g/mol. The second-order valence-corrected chi connectivity index (χ2v) is 6.39. The zero-order valence-electron chi connectivity index (χ0n) is 10.4. The molecule has 2 N–H and O–H groups in total. The highest BCUT2D eigenvalue weighted by atomic mass is 79.9. The average Bonchev–Trinajstić information content (AvgIpc) is 2.28. The molecule has 0 atom stereocenters. The molecule has 0 fully saturated rings. The van der Waals surface area contributed by atoms with Crippen LogP contribution in [-0.2, 0) is 10.0 Å². The van der Waals surface area contributed by atoms with Crippen molar-refractivity contribution >= 4 is 31.9 Å². The van der Waals surface area contributed by atoms with E-state index in [0.717, 1.165) is 0 Å². The average molecular weight is 335 g/mol. The van der Waals surface area contributed by atoms with Gasteiger partial charge < -0.3 is 4.90 Å². The molecule has 1 aromatic carbocycles. The molecule has 1 rings (SSSR count). The molecule has 0 aromatic heterocycles. The van der Waals surface area contributed by atoms with Crippen LogP contribution in [0, 0.1) is 6.92 Å². The third-order valence-corrected chi connectivity index (χ3v) is 4.18. The molecular formula is C11H15BrN2O3S. The second kappa shape index (κ2) is 5.38. The number of carbonyl (C=O) groups excluding carboxylic acids is 1. The van der Waals surface area contributed by atoms with Crippen LogP contribution in [0.4, 0.5) is 0 Å². The summed E-state index contributed by atoms with van der Waals surface area (Å²) in [4.78, 5) is 13.6. The molecule has 18 heavy (non-hydrogen) atoms. The largest absolute Gasteiger partial charge is 0.342 e. The Morgan fingerprint density at radius 3 is 2.44 bits per heavy atom. The second-order valence-electron chi connectivity index (χ2n) is 3.94. The summed E-state index contributed by atoms with van der Waals surface area (Å²) in [6.07, 6.45) is 0. The van der Waals surface area contributed by atoms with Crippen LogP contribution in [0.2, 0.25) is 0 Å². The van der Waals surface area contributed by atoms with Gasteiger partial charge in [-0.2, -0.15) is 0 Å². The Balaban J connectivity index is 3.48. The van der Waals surface area contributed by atoms with Crippen molar-refractivity contribution < 1.29 is 13.2 Å². The fourth-order valence-electron chi connectivity index (χ4n) is 1.52. The summed E-state index contributed by atoms with van der Waals surface area (Å²) in [6, 6.07) is 2.99. The Bertz CT molecular complexity index is 584. The summed E-state index contributed by atoms with van der Waals surface area (Å²) in [5.41, 5.74) is 0.698. The van der Waals surface area contributed by atoms with E-state index in [-0.39, 0.29) is 10.8 Å². The van der Waals surface area contributed by atoms with Crippen LogP contribution in [0.5, 0.6) is 0 Å². The molecule has 1 aromatic rings. The van der Waals surface area contributed by atoms with Gasteiger partial charge in [-0.15, -0.1) is 0 Å². The third-order valence-electron chi connectivity index (χ3n) is 2.68. The van der Waals surface area contributed by atoms with Crippen molar-refractivity contribution in [3.05, 3.63) is 27.7 Å². The normalized spacial score (nSPS) is 11.4. The van der Waals surface area contributed by atoms with E-state index in [4.69, 9.17) is 5.14 Å². The first-order valence-corrected chi connectivity index (χ1v) is 7.60. The van der Waals surface area contributed by atoms with Gasteiger partial charge in [-0.05, 0) is 31.5 Å². The van der Waals surface area contributed by atoms with Crippen LogP contribution in [0.3, 0.4) is 0 Å².